The third-order valence-corrected chi connectivity index (χ3v) is 6.25. The lowest BCUT2D eigenvalue weighted by atomic mass is 10.0. The second-order valence-electron chi connectivity index (χ2n) is 9.16. The van der Waals surface area contributed by atoms with Gasteiger partial charge >= 0.3 is 5.97 Å². The summed E-state index contributed by atoms with van der Waals surface area (Å²) in [6.45, 7) is 5.32. The smallest absolute Gasteiger partial charge is 0.326 e. The molecular weight excluding hydrogens is 438 g/mol. The van der Waals surface area contributed by atoms with Crippen molar-refractivity contribution in [3.05, 3.63) is 36.0 Å². The molecule has 1 aromatic carbocycles. The zero-order chi connectivity index (χ0) is 25.0. The second-order valence-corrected chi connectivity index (χ2v) is 9.16. The lowest BCUT2D eigenvalue weighted by molar-refractivity contribution is -0.145. The molecule has 10 heteroatoms. The molecule has 0 aliphatic carbocycles. The van der Waals surface area contributed by atoms with Crippen molar-refractivity contribution >= 4 is 34.6 Å². The number of fused-ring (bicyclic) bond motifs is 1. The number of aromatic nitrogens is 1. The first kappa shape index (κ1) is 25.2. The van der Waals surface area contributed by atoms with Gasteiger partial charge in [0.15, 0.2) is 0 Å². The van der Waals surface area contributed by atoms with Crippen LogP contribution in [0.3, 0.4) is 0 Å². The number of benzene rings is 1. The first-order valence-electron chi connectivity index (χ1n) is 11.5. The zero-order valence-electron chi connectivity index (χ0n) is 19.7. The van der Waals surface area contributed by atoms with Crippen molar-refractivity contribution in [3.8, 4) is 0 Å². The van der Waals surface area contributed by atoms with Gasteiger partial charge in [-0.2, -0.15) is 0 Å². The Bertz CT molecular complexity index is 1060. The van der Waals surface area contributed by atoms with E-state index < -0.39 is 47.9 Å². The van der Waals surface area contributed by atoms with Gasteiger partial charge in [0.05, 0.1) is 6.04 Å². The molecule has 4 atom stereocenters. The Kier molecular flexibility index (Phi) is 7.93. The number of carboxylic acid groups (broad SMARTS) is 1. The molecule has 3 rings (SSSR count). The minimum Gasteiger partial charge on any atom is -0.480 e. The van der Waals surface area contributed by atoms with Crippen molar-refractivity contribution in [1.82, 2.24) is 20.5 Å². The Morgan fingerprint density at radius 1 is 1.18 bits per heavy atom. The Labute approximate surface area is 198 Å². The molecule has 184 valence electrons. The molecule has 0 bridgehead atoms. The molecule has 2 heterocycles. The maximum Gasteiger partial charge on any atom is 0.326 e. The van der Waals surface area contributed by atoms with Crippen LogP contribution in [0.1, 0.15) is 39.2 Å². The molecule has 1 fully saturated rings. The number of carbonyl (C=O) groups is 4. The molecule has 0 spiro atoms. The molecule has 1 saturated heterocycles. The van der Waals surface area contributed by atoms with Crippen LogP contribution in [0.2, 0.25) is 0 Å². The van der Waals surface area contributed by atoms with Crippen molar-refractivity contribution in [2.75, 3.05) is 6.54 Å². The van der Waals surface area contributed by atoms with Gasteiger partial charge in [-0.15, -0.1) is 0 Å². The average Bonchev–Trinajstić information content (AvgIpc) is 3.44. The highest BCUT2D eigenvalue weighted by Gasteiger charge is 2.38. The highest BCUT2D eigenvalue weighted by atomic mass is 16.4. The third kappa shape index (κ3) is 5.56. The number of nitrogens with zero attached hydrogens (tertiary/aromatic N) is 1. The van der Waals surface area contributed by atoms with Crippen molar-refractivity contribution in [2.24, 2.45) is 11.7 Å². The van der Waals surface area contributed by atoms with Gasteiger partial charge in [-0.1, -0.05) is 32.0 Å². The highest BCUT2D eigenvalue weighted by molar-refractivity contribution is 5.94. The number of aromatic amines is 1. The summed E-state index contributed by atoms with van der Waals surface area (Å²) in [5.41, 5.74) is 7.98. The van der Waals surface area contributed by atoms with Crippen LogP contribution in [0.25, 0.3) is 10.9 Å². The number of para-hydroxylation sites is 1. The SMILES string of the molecule is CC(NC(=O)C(N)Cc1c[nH]c2ccccc12)C(=O)N1CCCC1C(=O)NC(C(=O)O)C(C)C. The molecule has 10 nitrogen and oxygen atoms in total. The molecule has 1 aliphatic rings. The van der Waals surface area contributed by atoms with E-state index in [2.05, 4.69) is 15.6 Å². The molecule has 2 aromatic rings. The van der Waals surface area contributed by atoms with Crippen molar-refractivity contribution in [2.45, 2.75) is 64.2 Å². The van der Waals surface area contributed by atoms with Gasteiger partial charge in [0.2, 0.25) is 17.7 Å². The first-order chi connectivity index (χ1) is 16.1. The quantitative estimate of drug-likeness (QED) is 0.363. The van der Waals surface area contributed by atoms with E-state index in [1.54, 1.807) is 20.8 Å². The number of nitrogens with two attached hydrogens (primary N) is 1. The van der Waals surface area contributed by atoms with Crippen LogP contribution in [-0.2, 0) is 25.6 Å². The van der Waals surface area contributed by atoms with Crippen LogP contribution in [0, 0.1) is 5.92 Å². The molecule has 6 N–H and O–H groups in total. The van der Waals surface area contributed by atoms with Gasteiger partial charge in [0.1, 0.15) is 18.1 Å². The van der Waals surface area contributed by atoms with E-state index in [1.807, 2.05) is 30.5 Å². The van der Waals surface area contributed by atoms with Crippen LogP contribution in [0.15, 0.2) is 30.5 Å². The number of amides is 3. The number of aliphatic carboxylic acids is 1. The summed E-state index contributed by atoms with van der Waals surface area (Å²) in [5.74, 6) is -2.78. The second kappa shape index (κ2) is 10.7. The molecule has 0 saturated carbocycles. The maximum absolute atomic E-state index is 13.0. The van der Waals surface area contributed by atoms with Gasteiger partial charge in [-0.05, 0) is 43.7 Å². The van der Waals surface area contributed by atoms with Gasteiger partial charge in [-0.3, -0.25) is 14.4 Å². The fourth-order valence-corrected chi connectivity index (χ4v) is 4.33. The van der Waals surface area contributed by atoms with Gasteiger partial charge in [-0.25, -0.2) is 4.79 Å². The van der Waals surface area contributed by atoms with Gasteiger partial charge in [0.25, 0.3) is 0 Å². The Morgan fingerprint density at radius 2 is 1.88 bits per heavy atom. The summed E-state index contributed by atoms with van der Waals surface area (Å²) in [5, 5.41) is 15.5. The monoisotopic (exact) mass is 471 g/mol. The van der Waals surface area contributed by atoms with E-state index in [9.17, 15) is 24.3 Å². The van der Waals surface area contributed by atoms with Crippen LogP contribution >= 0.6 is 0 Å². The Morgan fingerprint density at radius 3 is 2.56 bits per heavy atom. The molecule has 34 heavy (non-hydrogen) atoms. The fraction of sp³-hybridized carbons (Fsp3) is 0.500. The first-order valence-corrected chi connectivity index (χ1v) is 11.5. The predicted octanol–water partition coefficient (Wildman–Crippen LogP) is 0.759. The number of rotatable bonds is 9. The zero-order valence-corrected chi connectivity index (χ0v) is 19.7. The Balaban J connectivity index is 1.59. The summed E-state index contributed by atoms with van der Waals surface area (Å²) < 4.78 is 0. The molecule has 4 unspecified atom stereocenters. The minimum absolute atomic E-state index is 0.302. The lowest BCUT2D eigenvalue weighted by Gasteiger charge is -2.29. The summed E-state index contributed by atoms with van der Waals surface area (Å²) in [4.78, 5) is 54.4. The lowest BCUT2D eigenvalue weighted by Crippen LogP contribution is -2.56. The summed E-state index contributed by atoms with van der Waals surface area (Å²) >= 11 is 0. The standard InChI is InChI=1S/C24H33N5O5/c1-13(2)20(24(33)34)28-22(31)19-9-6-10-29(19)23(32)14(3)27-21(30)17(25)11-15-12-26-18-8-5-4-7-16(15)18/h4-5,7-8,12-14,17,19-20,26H,6,9-11,25H2,1-3H3,(H,27,30)(H,28,31)(H,33,34). The van der Waals surface area contributed by atoms with Gasteiger partial charge < -0.3 is 31.4 Å². The number of carbonyl (C=O) groups excluding carboxylic acids is 3. The number of likely N-dealkylation sites (tertiary alicyclic amines) is 1. The van der Waals surface area contributed by atoms with E-state index in [4.69, 9.17) is 5.73 Å². The number of hydrogen-bond acceptors (Lipinski definition) is 5. The minimum atomic E-state index is -1.12. The third-order valence-electron chi connectivity index (χ3n) is 6.25. The van der Waals surface area contributed by atoms with Crippen molar-refractivity contribution in [3.63, 3.8) is 0 Å². The van der Waals surface area contributed by atoms with Crippen molar-refractivity contribution in [1.29, 1.82) is 0 Å². The molecular formula is C24H33N5O5. The van der Waals surface area contributed by atoms with E-state index in [0.29, 0.717) is 25.8 Å². The molecule has 3 amide bonds. The van der Waals surface area contributed by atoms with Crippen LogP contribution < -0.4 is 16.4 Å². The van der Waals surface area contributed by atoms with Gasteiger partial charge in [0, 0.05) is 23.6 Å². The molecule has 0 radical (unpaired) electrons. The predicted molar refractivity (Wildman–Crippen MR) is 127 cm³/mol. The van der Waals surface area contributed by atoms with E-state index >= 15 is 0 Å². The summed E-state index contributed by atoms with van der Waals surface area (Å²) in [6.07, 6.45) is 3.17. The van der Waals surface area contributed by atoms with E-state index in [-0.39, 0.29) is 5.92 Å². The number of hydrogen-bond donors (Lipinski definition) is 5. The fourth-order valence-electron chi connectivity index (χ4n) is 4.33. The number of carboxylic acids is 1. The number of nitrogens with one attached hydrogen (secondary N) is 3. The normalized spacial score (nSPS) is 18.5. The highest BCUT2D eigenvalue weighted by Crippen LogP contribution is 2.20. The maximum atomic E-state index is 13.0. The van der Waals surface area contributed by atoms with E-state index in [0.717, 1.165) is 16.5 Å². The van der Waals surface area contributed by atoms with E-state index in [1.165, 1.54) is 4.90 Å². The van der Waals surface area contributed by atoms with Crippen LogP contribution in [0.4, 0.5) is 0 Å². The summed E-state index contributed by atoms with van der Waals surface area (Å²) in [7, 11) is 0. The Hall–Kier alpha value is -3.40. The molecule has 1 aromatic heterocycles. The van der Waals surface area contributed by atoms with Crippen molar-refractivity contribution < 1.29 is 24.3 Å². The number of H-pyrrole nitrogens is 1. The van der Waals surface area contributed by atoms with Crippen LogP contribution in [0.5, 0.6) is 0 Å². The molecule has 1 aliphatic heterocycles. The topological polar surface area (TPSA) is 158 Å². The summed E-state index contributed by atoms with van der Waals surface area (Å²) in [6, 6.07) is 4.17. The largest absolute Gasteiger partial charge is 0.480 e. The average molecular weight is 472 g/mol. The van der Waals surface area contributed by atoms with Crippen LogP contribution in [-0.4, -0.2) is 69.4 Å².